The number of hydrogen-bond acceptors (Lipinski definition) is 6. The Hall–Kier alpha value is -1.54. The molecular weight excluding hydrogens is 376 g/mol. The Labute approximate surface area is 174 Å². The zero-order valence-electron chi connectivity index (χ0n) is 19.5. The van der Waals surface area contributed by atoms with Gasteiger partial charge in [0.05, 0.1) is 30.9 Å². The van der Waals surface area contributed by atoms with E-state index in [1.807, 2.05) is 62.3 Å². The SMILES string of the molecule is C[C@@H](CCCOC(=O)N1C(C)(C)COC1(C)C)OC(=O)N1C(C)(C)COC1(C)C. The number of rotatable bonds is 5. The lowest BCUT2D eigenvalue weighted by Crippen LogP contribution is -2.53. The Morgan fingerprint density at radius 2 is 1.31 bits per heavy atom. The molecule has 0 N–H and O–H groups in total. The molecular formula is C21H38N2O6. The predicted octanol–water partition coefficient (Wildman–Crippen LogP) is 4.12. The van der Waals surface area contributed by atoms with Crippen molar-refractivity contribution in [2.24, 2.45) is 0 Å². The maximum Gasteiger partial charge on any atom is 0.412 e. The molecule has 0 aliphatic carbocycles. The van der Waals surface area contributed by atoms with Crippen molar-refractivity contribution in [2.45, 2.75) is 104 Å². The van der Waals surface area contributed by atoms with Gasteiger partial charge in [-0.2, -0.15) is 0 Å². The Kier molecular flexibility index (Phi) is 6.50. The highest BCUT2D eigenvalue weighted by atomic mass is 16.6. The Morgan fingerprint density at radius 1 is 0.862 bits per heavy atom. The minimum Gasteiger partial charge on any atom is -0.449 e. The number of amides is 2. The third kappa shape index (κ3) is 5.15. The molecule has 168 valence electrons. The highest BCUT2D eigenvalue weighted by molar-refractivity contribution is 5.70. The van der Waals surface area contributed by atoms with Crippen LogP contribution in [0.5, 0.6) is 0 Å². The number of nitrogens with zero attached hydrogens (tertiary/aromatic N) is 2. The monoisotopic (exact) mass is 414 g/mol. The van der Waals surface area contributed by atoms with E-state index in [9.17, 15) is 9.59 Å². The second-order valence-corrected chi connectivity index (χ2v) is 10.2. The molecule has 0 aromatic carbocycles. The molecule has 8 heteroatoms. The fraction of sp³-hybridized carbons (Fsp3) is 0.905. The van der Waals surface area contributed by atoms with E-state index in [1.165, 1.54) is 0 Å². The Morgan fingerprint density at radius 3 is 1.72 bits per heavy atom. The average Bonchev–Trinajstić information content (AvgIpc) is 2.90. The zero-order chi connectivity index (χ0) is 22.3. The van der Waals surface area contributed by atoms with Gasteiger partial charge in [-0.05, 0) is 75.2 Å². The van der Waals surface area contributed by atoms with E-state index in [-0.39, 0.29) is 24.9 Å². The van der Waals surface area contributed by atoms with Gasteiger partial charge in [-0.15, -0.1) is 0 Å². The van der Waals surface area contributed by atoms with Crippen LogP contribution in [0.2, 0.25) is 0 Å². The molecule has 2 fully saturated rings. The lowest BCUT2D eigenvalue weighted by molar-refractivity contribution is -0.0594. The minimum absolute atomic E-state index is 0.257. The quantitative estimate of drug-likeness (QED) is 0.630. The van der Waals surface area contributed by atoms with Crippen LogP contribution in [0.3, 0.4) is 0 Å². The van der Waals surface area contributed by atoms with Crippen molar-refractivity contribution in [1.82, 2.24) is 9.80 Å². The Bertz CT molecular complexity index is 597. The molecule has 0 bridgehead atoms. The lowest BCUT2D eigenvalue weighted by Gasteiger charge is -2.37. The average molecular weight is 415 g/mol. The number of carbonyl (C=O) groups excluding carboxylic acids is 2. The van der Waals surface area contributed by atoms with E-state index in [2.05, 4.69) is 0 Å². The van der Waals surface area contributed by atoms with Crippen LogP contribution < -0.4 is 0 Å². The van der Waals surface area contributed by atoms with E-state index >= 15 is 0 Å². The first-order valence-corrected chi connectivity index (χ1v) is 10.4. The summed E-state index contributed by atoms with van der Waals surface area (Å²) in [6.45, 7) is 18.3. The maximum absolute atomic E-state index is 12.7. The van der Waals surface area contributed by atoms with Crippen LogP contribution >= 0.6 is 0 Å². The summed E-state index contributed by atoms with van der Waals surface area (Å²) < 4.78 is 22.5. The molecule has 0 aromatic rings. The van der Waals surface area contributed by atoms with Crippen LogP contribution in [0, 0.1) is 0 Å². The van der Waals surface area contributed by atoms with E-state index in [4.69, 9.17) is 18.9 Å². The van der Waals surface area contributed by atoms with E-state index in [0.717, 1.165) is 0 Å². The zero-order valence-corrected chi connectivity index (χ0v) is 19.5. The van der Waals surface area contributed by atoms with Gasteiger partial charge in [0.25, 0.3) is 0 Å². The number of hydrogen-bond donors (Lipinski definition) is 0. The third-order valence-electron chi connectivity index (χ3n) is 5.49. The number of carbonyl (C=O) groups is 2. The first-order chi connectivity index (χ1) is 13.1. The molecule has 2 aliphatic rings. The van der Waals surface area contributed by atoms with Gasteiger partial charge in [0.2, 0.25) is 0 Å². The summed E-state index contributed by atoms with van der Waals surface area (Å²) in [7, 11) is 0. The molecule has 0 unspecified atom stereocenters. The summed E-state index contributed by atoms with van der Waals surface area (Å²) in [6, 6.07) is 0. The molecule has 29 heavy (non-hydrogen) atoms. The van der Waals surface area contributed by atoms with Crippen molar-refractivity contribution < 1.29 is 28.5 Å². The van der Waals surface area contributed by atoms with E-state index < -0.39 is 22.5 Å². The van der Waals surface area contributed by atoms with Gasteiger partial charge in [0.1, 0.15) is 17.6 Å². The first kappa shape index (κ1) is 23.7. The second kappa shape index (κ2) is 7.95. The number of ether oxygens (including phenoxy) is 4. The largest absolute Gasteiger partial charge is 0.449 e. The first-order valence-electron chi connectivity index (χ1n) is 10.4. The molecule has 0 radical (unpaired) electrons. The lowest BCUT2D eigenvalue weighted by atomic mass is 10.0. The fourth-order valence-corrected chi connectivity index (χ4v) is 4.23. The van der Waals surface area contributed by atoms with Crippen LogP contribution in [0.1, 0.15) is 75.2 Å². The van der Waals surface area contributed by atoms with Gasteiger partial charge >= 0.3 is 12.2 Å². The van der Waals surface area contributed by atoms with Crippen molar-refractivity contribution in [2.75, 3.05) is 19.8 Å². The van der Waals surface area contributed by atoms with Crippen LogP contribution in [0.4, 0.5) is 9.59 Å². The van der Waals surface area contributed by atoms with Crippen LogP contribution in [0.15, 0.2) is 0 Å². The van der Waals surface area contributed by atoms with Gasteiger partial charge in [0.15, 0.2) is 0 Å². The maximum atomic E-state index is 12.7. The van der Waals surface area contributed by atoms with Crippen molar-refractivity contribution in [3.63, 3.8) is 0 Å². The Balaban J connectivity index is 1.78. The molecule has 2 rings (SSSR count). The topological polar surface area (TPSA) is 77.5 Å². The molecule has 2 aliphatic heterocycles. The van der Waals surface area contributed by atoms with Gasteiger partial charge in [0, 0.05) is 0 Å². The van der Waals surface area contributed by atoms with Crippen molar-refractivity contribution in [3.8, 4) is 0 Å². The van der Waals surface area contributed by atoms with E-state index in [1.54, 1.807) is 9.80 Å². The summed E-state index contributed by atoms with van der Waals surface area (Å²) in [6.07, 6.45) is 0.118. The highest BCUT2D eigenvalue weighted by Gasteiger charge is 2.50. The molecule has 8 nitrogen and oxygen atoms in total. The molecule has 2 heterocycles. The third-order valence-corrected chi connectivity index (χ3v) is 5.49. The van der Waals surface area contributed by atoms with Gasteiger partial charge in [-0.3, -0.25) is 9.80 Å². The minimum atomic E-state index is -0.701. The standard InChI is InChI=1S/C21H38N2O6/c1-15(29-17(25)23-19(4,5)14-28-21(23,8)9)11-10-12-26-16(24)22-18(2,3)13-27-20(22,6)7/h15H,10-14H2,1-9H3/t15-/m0/s1. The van der Waals surface area contributed by atoms with E-state index in [0.29, 0.717) is 26.1 Å². The smallest absolute Gasteiger partial charge is 0.412 e. The highest BCUT2D eigenvalue weighted by Crippen LogP contribution is 2.36. The van der Waals surface area contributed by atoms with Crippen molar-refractivity contribution >= 4 is 12.2 Å². The van der Waals surface area contributed by atoms with Crippen LogP contribution in [-0.4, -0.2) is 70.4 Å². The summed E-state index contributed by atoms with van der Waals surface area (Å²) in [5.74, 6) is 0. The molecule has 2 saturated heterocycles. The van der Waals surface area contributed by atoms with Gasteiger partial charge < -0.3 is 18.9 Å². The molecule has 2 amide bonds. The molecule has 0 saturated carbocycles. The molecule has 0 aromatic heterocycles. The summed E-state index contributed by atoms with van der Waals surface area (Å²) in [5, 5.41) is 0. The fourth-order valence-electron chi connectivity index (χ4n) is 4.23. The van der Waals surface area contributed by atoms with Crippen molar-refractivity contribution in [3.05, 3.63) is 0 Å². The van der Waals surface area contributed by atoms with Crippen LogP contribution in [-0.2, 0) is 18.9 Å². The van der Waals surface area contributed by atoms with Crippen LogP contribution in [0.25, 0.3) is 0 Å². The molecule has 1 atom stereocenters. The van der Waals surface area contributed by atoms with Gasteiger partial charge in [-0.25, -0.2) is 9.59 Å². The van der Waals surface area contributed by atoms with Gasteiger partial charge in [-0.1, -0.05) is 0 Å². The van der Waals surface area contributed by atoms with Crippen molar-refractivity contribution in [1.29, 1.82) is 0 Å². The molecule has 0 spiro atoms. The predicted molar refractivity (Wildman–Crippen MR) is 108 cm³/mol. The second-order valence-electron chi connectivity index (χ2n) is 10.2. The summed E-state index contributed by atoms with van der Waals surface area (Å²) in [5.41, 5.74) is -2.23. The summed E-state index contributed by atoms with van der Waals surface area (Å²) in [4.78, 5) is 28.5. The summed E-state index contributed by atoms with van der Waals surface area (Å²) >= 11 is 0. The normalized spacial score (nSPS) is 25.0.